The summed E-state index contributed by atoms with van der Waals surface area (Å²) in [6, 6.07) is 5.46. The van der Waals surface area contributed by atoms with Crippen molar-refractivity contribution in [1.29, 1.82) is 0 Å². The smallest absolute Gasteiger partial charge is 0.334 e. The summed E-state index contributed by atoms with van der Waals surface area (Å²) >= 11 is 0. The van der Waals surface area contributed by atoms with E-state index in [0.29, 0.717) is 36.3 Å². The number of benzene rings is 1. The number of hydrogen-bond acceptors (Lipinski definition) is 4. The van der Waals surface area contributed by atoms with Crippen LogP contribution in [0.2, 0.25) is 0 Å². The summed E-state index contributed by atoms with van der Waals surface area (Å²) in [7, 11) is -1.54. The molecule has 1 saturated heterocycles. The molecule has 1 aliphatic carbocycles. The predicted molar refractivity (Wildman–Crippen MR) is 121 cm³/mol. The van der Waals surface area contributed by atoms with E-state index in [2.05, 4.69) is 25.3 Å². The number of halogens is 2. The first kappa shape index (κ1) is 24.2. The summed E-state index contributed by atoms with van der Waals surface area (Å²) in [6.07, 6.45) is -0.175. The van der Waals surface area contributed by atoms with Crippen molar-refractivity contribution in [3.05, 3.63) is 24.0 Å². The number of carboxylic acids is 1. The van der Waals surface area contributed by atoms with Gasteiger partial charge in [0.1, 0.15) is 16.8 Å². The van der Waals surface area contributed by atoms with Gasteiger partial charge < -0.3 is 14.4 Å². The fourth-order valence-electron chi connectivity index (χ4n) is 4.59. The van der Waals surface area contributed by atoms with E-state index in [4.69, 9.17) is 9.72 Å². The van der Waals surface area contributed by atoms with E-state index in [9.17, 15) is 22.9 Å². The molecule has 2 atom stereocenters. The van der Waals surface area contributed by atoms with Crippen LogP contribution in [0.4, 0.5) is 8.78 Å². The van der Waals surface area contributed by atoms with Gasteiger partial charge in [0.15, 0.2) is 6.10 Å². The number of carbonyl (C=O) groups is 1. The molecule has 1 saturated carbocycles. The number of aromatic nitrogens is 2. The maximum atomic E-state index is 13.6. The number of imidazole rings is 1. The first-order valence-corrected chi connectivity index (χ1v) is 12.5. The van der Waals surface area contributed by atoms with Gasteiger partial charge in [-0.2, -0.15) is 0 Å². The van der Waals surface area contributed by atoms with Crippen molar-refractivity contribution in [1.82, 2.24) is 13.9 Å². The summed E-state index contributed by atoms with van der Waals surface area (Å²) in [6.45, 7) is 7.46. The number of carboxylic acid groups (broad SMARTS) is 1. The van der Waals surface area contributed by atoms with E-state index < -0.39 is 29.0 Å². The summed E-state index contributed by atoms with van der Waals surface area (Å²) in [4.78, 5) is 16.7. The van der Waals surface area contributed by atoms with Gasteiger partial charge in [-0.25, -0.2) is 27.1 Å². The minimum absolute atomic E-state index is 0.0496. The largest absolute Gasteiger partial charge is 0.479 e. The molecule has 2 aromatic rings. The van der Waals surface area contributed by atoms with Crippen molar-refractivity contribution in [2.45, 2.75) is 75.3 Å². The average molecular weight is 484 g/mol. The minimum atomic E-state index is -2.56. The molecule has 4 rings (SSSR count). The van der Waals surface area contributed by atoms with Crippen LogP contribution in [0.5, 0.6) is 0 Å². The van der Waals surface area contributed by atoms with E-state index in [1.165, 1.54) is 0 Å². The Morgan fingerprint density at radius 3 is 2.64 bits per heavy atom. The molecule has 0 spiro atoms. The van der Waals surface area contributed by atoms with Gasteiger partial charge in [0.05, 0.1) is 22.5 Å². The summed E-state index contributed by atoms with van der Waals surface area (Å²) in [5.41, 5.74) is 1.34. The number of fused-ring (bicyclic) bond motifs is 1. The molecule has 0 bridgehead atoms. The van der Waals surface area contributed by atoms with Crippen LogP contribution in [0.3, 0.4) is 0 Å². The van der Waals surface area contributed by atoms with Gasteiger partial charge in [-0.05, 0) is 37.0 Å². The van der Waals surface area contributed by atoms with Crippen LogP contribution >= 0.6 is 0 Å². The lowest BCUT2D eigenvalue weighted by atomic mass is 9.86. The van der Waals surface area contributed by atoms with Crippen LogP contribution in [0.25, 0.3) is 11.0 Å². The molecule has 1 aliphatic heterocycles. The van der Waals surface area contributed by atoms with Crippen molar-refractivity contribution in [2.24, 2.45) is 5.92 Å². The number of hydrogen-bond donors (Lipinski definition) is 1. The third-order valence-corrected chi connectivity index (χ3v) is 7.87. The van der Waals surface area contributed by atoms with Crippen LogP contribution in [0, 0.1) is 5.92 Å². The molecular weight excluding hydrogens is 452 g/mol. The van der Waals surface area contributed by atoms with Gasteiger partial charge in [0, 0.05) is 37.9 Å². The third kappa shape index (κ3) is 5.27. The fraction of sp³-hybridized carbons (Fsp3) is 0.652. The second kappa shape index (κ2) is 9.03. The molecule has 10 heteroatoms. The van der Waals surface area contributed by atoms with Gasteiger partial charge >= 0.3 is 5.97 Å². The van der Waals surface area contributed by atoms with Crippen molar-refractivity contribution in [3.8, 4) is 0 Å². The van der Waals surface area contributed by atoms with Gasteiger partial charge in [0.2, 0.25) is 5.92 Å². The Morgan fingerprint density at radius 2 is 2.00 bits per heavy atom. The van der Waals surface area contributed by atoms with Crippen molar-refractivity contribution < 1.29 is 27.6 Å². The molecule has 1 aromatic carbocycles. The van der Waals surface area contributed by atoms with Crippen molar-refractivity contribution >= 4 is 28.0 Å². The van der Waals surface area contributed by atoms with Crippen molar-refractivity contribution in [3.63, 3.8) is 0 Å². The van der Waals surface area contributed by atoms with Gasteiger partial charge in [-0.3, -0.25) is 0 Å². The van der Waals surface area contributed by atoms with E-state index >= 15 is 0 Å². The van der Waals surface area contributed by atoms with Gasteiger partial charge in [0.25, 0.3) is 0 Å². The SMILES string of the molecule is CC(C)(C)c1nc2cc(S(=O)N3CCOC(C(=O)O)C3)ccc2n1CC1CCC(F)(F)CC1. The number of ether oxygens (including phenoxy) is 1. The predicted octanol–water partition coefficient (Wildman–Crippen LogP) is 3.97. The van der Waals surface area contributed by atoms with Gasteiger partial charge in [-0.1, -0.05) is 20.8 Å². The summed E-state index contributed by atoms with van der Waals surface area (Å²) in [5.74, 6) is -2.59. The Hall–Kier alpha value is -1.91. The highest BCUT2D eigenvalue weighted by molar-refractivity contribution is 7.82. The van der Waals surface area contributed by atoms with Crippen LogP contribution in [0.15, 0.2) is 23.1 Å². The lowest BCUT2D eigenvalue weighted by Crippen LogP contribution is -2.46. The molecule has 0 radical (unpaired) electrons. The molecule has 7 nitrogen and oxygen atoms in total. The fourth-order valence-corrected chi connectivity index (χ4v) is 5.80. The average Bonchev–Trinajstić information content (AvgIpc) is 3.13. The quantitative estimate of drug-likeness (QED) is 0.696. The monoisotopic (exact) mass is 483 g/mol. The summed E-state index contributed by atoms with van der Waals surface area (Å²) in [5, 5.41) is 9.22. The van der Waals surface area contributed by atoms with E-state index in [1.807, 2.05) is 6.07 Å². The molecule has 2 heterocycles. The number of nitrogens with zero attached hydrogens (tertiary/aromatic N) is 3. The van der Waals surface area contributed by atoms with E-state index in [1.54, 1.807) is 16.4 Å². The second-order valence-corrected chi connectivity index (χ2v) is 11.6. The zero-order valence-corrected chi connectivity index (χ0v) is 20.0. The third-order valence-electron chi connectivity index (χ3n) is 6.41. The number of rotatable bonds is 5. The lowest BCUT2D eigenvalue weighted by molar-refractivity contribution is -0.153. The van der Waals surface area contributed by atoms with Crippen LogP contribution in [-0.2, 0) is 32.5 Å². The molecule has 1 aromatic heterocycles. The highest BCUT2D eigenvalue weighted by Crippen LogP contribution is 2.38. The topological polar surface area (TPSA) is 84.7 Å². The highest BCUT2D eigenvalue weighted by Gasteiger charge is 2.36. The Balaban J connectivity index is 1.62. The number of alkyl halides is 2. The minimum Gasteiger partial charge on any atom is -0.479 e. The standard InChI is InChI=1S/C23H31F2N3O4S/c1-22(2,3)21-26-17-12-16(33(31)27-10-11-32-19(14-27)20(29)30)4-5-18(17)28(21)13-15-6-8-23(24,25)9-7-15/h4-5,12,15,19H,6-11,13-14H2,1-3H3,(H,29,30). The van der Waals surface area contributed by atoms with Crippen molar-refractivity contribution in [2.75, 3.05) is 19.7 Å². The maximum Gasteiger partial charge on any atom is 0.334 e. The molecule has 1 N–H and O–H groups in total. The Kier molecular flexibility index (Phi) is 6.63. The zero-order valence-electron chi connectivity index (χ0n) is 19.2. The number of morpholine rings is 1. The van der Waals surface area contributed by atoms with E-state index in [0.717, 1.165) is 11.3 Å². The molecule has 33 heavy (non-hydrogen) atoms. The molecule has 2 fully saturated rings. The zero-order chi connectivity index (χ0) is 24.0. The maximum absolute atomic E-state index is 13.6. The first-order valence-electron chi connectivity index (χ1n) is 11.3. The van der Waals surface area contributed by atoms with Crippen LogP contribution in [0.1, 0.15) is 52.3 Å². The molecule has 2 unspecified atom stereocenters. The Labute approximate surface area is 194 Å². The normalized spacial score (nSPS) is 23.6. The molecule has 2 aliphatic rings. The first-order chi connectivity index (χ1) is 15.4. The van der Waals surface area contributed by atoms with Crippen LogP contribution < -0.4 is 0 Å². The molecule has 0 amide bonds. The second-order valence-electron chi connectivity index (χ2n) is 10.1. The van der Waals surface area contributed by atoms with Gasteiger partial charge in [-0.15, -0.1) is 0 Å². The lowest BCUT2D eigenvalue weighted by Gasteiger charge is -2.30. The molecule has 182 valence electrons. The van der Waals surface area contributed by atoms with E-state index in [-0.39, 0.29) is 37.3 Å². The Morgan fingerprint density at radius 1 is 1.30 bits per heavy atom. The summed E-state index contributed by atoms with van der Waals surface area (Å²) < 4.78 is 49.4. The molecular formula is C23H31F2N3O4S. The number of aliphatic carboxylic acids is 1. The Bertz CT molecular complexity index is 1060. The van der Waals surface area contributed by atoms with Crippen LogP contribution in [-0.4, -0.2) is 60.9 Å². The highest BCUT2D eigenvalue weighted by atomic mass is 32.2.